The predicted molar refractivity (Wildman–Crippen MR) is 103 cm³/mol. The number of esters is 1. The van der Waals surface area contributed by atoms with Crippen LogP contribution >= 0.6 is 0 Å². The van der Waals surface area contributed by atoms with Crippen molar-refractivity contribution in [2.45, 2.75) is 84.0 Å². The number of carbonyl (C=O) groups is 1. The van der Waals surface area contributed by atoms with E-state index in [2.05, 4.69) is 13.0 Å². The molecule has 3 heteroatoms. The number of hydrogen-bond donors (Lipinski definition) is 0. The summed E-state index contributed by atoms with van der Waals surface area (Å²) in [5.74, 6) is 0.347. The third-order valence-electron chi connectivity index (χ3n) is 4.47. The lowest BCUT2D eigenvalue weighted by atomic mass is 10.1. The van der Waals surface area contributed by atoms with Crippen LogP contribution in [0.2, 0.25) is 0 Å². The Morgan fingerprint density at radius 3 is 1.92 bits per heavy atom. The molecule has 0 aliphatic rings. The summed E-state index contributed by atoms with van der Waals surface area (Å²) in [6, 6.07) is 7.94. The van der Waals surface area contributed by atoms with Gasteiger partial charge in [-0.2, -0.15) is 0 Å². The van der Waals surface area contributed by atoms with E-state index in [1.807, 2.05) is 0 Å². The fourth-order valence-electron chi connectivity index (χ4n) is 2.86. The average molecular weight is 348 g/mol. The highest BCUT2D eigenvalue weighted by Crippen LogP contribution is 2.13. The molecule has 1 aromatic carbocycles. The second kappa shape index (κ2) is 14.8. The molecule has 0 aliphatic carbocycles. The van der Waals surface area contributed by atoms with Crippen LogP contribution in [0.25, 0.3) is 0 Å². The standard InChI is InChI=1S/C22H35O3/c1-3-4-5-6-7-8-9-10-11-12-13-14-19-25-22(23)20-15-17-21(24-2)18-16-20/h15-17H,3-14,19H2,1-2H3. The maximum absolute atomic E-state index is 11.9. The van der Waals surface area contributed by atoms with Gasteiger partial charge < -0.3 is 9.47 Å². The summed E-state index contributed by atoms with van der Waals surface area (Å²) in [5, 5.41) is 0. The van der Waals surface area contributed by atoms with Crippen LogP contribution in [-0.2, 0) is 4.74 Å². The van der Waals surface area contributed by atoms with E-state index in [4.69, 9.17) is 9.47 Å². The molecule has 1 rings (SSSR count). The van der Waals surface area contributed by atoms with Crippen LogP contribution in [0.3, 0.4) is 0 Å². The minimum atomic E-state index is -0.276. The van der Waals surface area contributed by atoms with E-state index in [1.165, 1.54) is 64.2 Å². The molecule has 1 aromatic rings. The van der Waals surface area contributed by atoms with Gasteiger partial charge in [0.1, 0.15) is 5.75 Å². The van der Waals surface area contributed by atoms with E-state index < -0.39 is 0 Å². The van der Waals surface area contributed by atoms with Crippen molar-refractivity contribution in [3.05, 3.63) is 29.8 Å². The van der Waals surface area contributed by atoms with Crippen molar-refractivity contribution in [3.63, 3.8) is 0 Å². The average Bonchev–Trinajstić information content (AvgIpc) is 2.65. The Kier molecular flexibility index (Phi) is 12.7. The van der Waals surface area contributed by atoms with Crippen molar-refractivity contribution in [2.75, 3.05) is 13.7 Å². The van der Waals surface area contributed by atoms with Crippen molar-refractivity contribution >= 4 is 5.97 Å². The van der Waals surface area contributed by atoms with Crippen molar-refractivity contribution in [3.8, 4) is 5.75 Å². The first-order valence-corrected chi connectivity index (χ1v) is 10.0. The van der Waals surface area contributed by atoms with Crippen molar-refractivity contribution in [1.82, 2.24) is 0 Å². The second-order valence-electron chi connectivity index (χ2n) is 6.67. The number of carbonyl (C=O) groups excluding carboxylic acids is 1. The van der Waals surface area contributed by atoms with Crippen LogP contribution in [0.1, 0.15) is 94.3 Å². The maximum atomic E-state index is 11.9. The molecule has 0 aliphatic heterocycles. The van der Waals surface area contributed by atoms with Gasteiger partial charge in [-0.05, 0) is 24.6 Å². The van der Waals surface area contributed by atoms with Gasteiger partial charge in [-0.1, -0.05) is 77.6 Å². The fraction of sp³-hybridized carbons (Fsp3) is 0.682. The molecule has 0 fully saturated rings. The number of rotatable bonds is 15. The molecule has 25 heavy (non-hydrogen) atoms. The predicted octanol–water partition coefficient (Wildman–Crippen LogP) is 6.35. The zero-order chi connectivity index (χ0) is 18.2. The number of ether oxygens (including phenoxy) is 2. The summed E-state index contributed by atoms with van der Waals surface area (Å²) in [6.07, 6.45) is 15.7. The van der Waals surface area contributed by atoms with Gasteiger partial charge in [0.15, 0.2) is 0 Å². The van der Waals surface area contributed by atoms with E-state index >= 15 is 0 Å². The molecule has 0 unspecified atom stereocenters. The first-order valence-electron chi connectivity index (χ1n) is 10.0. The summed E-state index contributed by atoms with van der Waals surface area (Å²) in [4.78, 5) is 11.9. The number of unbranched alkanes of at least 4 members (excludes halogenated alkanes) is 11. The summed E-state index contributed by atoms with van der Waals surface area (Å²) in [5.41, 5.74) is 0.528. The molecule has 0 bridgehead atoms. The normalized spacial score (nSPS) is 10.6. The summed E-state index contributed by atoms with van der Waals surface area (Å²) in [7, 11) is 1.58. The Morgan fingerprint density at radius 2 is 1.44 bits per heavy atom. The minimum absolute atomic E-state index is 0.276. The molecule has 0 aromatic heterocycles. The lowest BCUT2D eigenvalue weighted by molar-refractivity contribution is 0.0497. The van der Waals surface area contributed by atoms with Crippen LogP contribution < -0.4 is 4.74 Å². The number of benzene rings is 1. The third-order valence-corrected chi connectivity index (χ3v) is 4.47. The highest BCUT2D eigenvalue weighted by atomic mass is 16.5. The highest BCUT2D eigenvalue weighted by Gasteiger charge is 2.06. The zero-order valence-electron chi connectivity index (χ0n) is 16.1. The van der Waals surface area contributed by atoms with E-state index in [0.717, 1.165) is 12.8 Å². The molecule has 0 heterocycles. The smallest absolute Gasteiger partial charge is 0.338 e. The van der Waals surface area contributed by atoms with Gasteiger partial charge in [0.25, 0.3) is 0 Å². The Bertz CT molecular complexity index is 439. The van der Waals surface area contributed by atoms with Gasteiger partial charge in [0.05, 0.1) is 19.3 Å². The van der Waals surface area contributed by atoms with E-state index in [9.17, 15) is 4.79 Å². The molecule has 3 nitrogen and oxygen atoms in total. The number of methoxy groups -OCH3 is 1. The largest absolute Gasteiger partial charge is 0.496 e. The van der Waals surface area contributed by atoms with Crippen LogP contribution in [0.5, 0.6) is 5.75 Å². The topological polar surface area (TPSA) is 35.5 Å². The van der Waals surface area contributed by atoms with Crippen LogP contribution in [-0.4, -0.2) is 19.7 Å². The molecule has 141 valence electrons. The first-order chi connectivity index (χ1) is 12.3. The lowest BCUT2D eigenvalue weighted by Gasteiger charge is -2.06. The van der Waals surface area contributed by atoms with E-state index in [1.54, 1.807) is 25.3 Å². The quantitative estimate of drug-likeness (QED) is 0.274. The van der Waals surface area contributed by atoms with Crippen LogP contribution in [0.15, 0.2) is 18.2 Å². The Balaban J connectivity index is 1.90. The second-order valence-corrected chi connectivity index (χ2v) is 6.67. The molecule has 0 amide bonds. The fourth-order valence-corrected chi connectivity index (χ4v) is 2.86. The lowest BCUT2D eigenvalue weighted by Crippen LogP contribution is -2.06. The van der Waals surface area contributed by atoms with Crippen molar-refractivity contribution in [1.29, 1.82) is 0 Å². The van der Waals surface area contributed by atoms with Gasteiger partial charge in [0.2, 0.25) is 0 Å². The van der Waals surface area contributed by atoms with Crippen molar-refractivity contribution in [2.24, 2.45) is 0 Å². The molecule has 0 saturated heterocycles. The maximum Gasteiger partial charge on any atom is 0.338 e. The van der Waals surface area contributed by atoms with Gasteiger partial charge >= 0.3 is 5.97 Å². The van der Waals surface area contributed by atoms with Gasteiger partial charge in [-0.3, -0.25) is 0 Å². The summed E-state index contributed by atoms with van der Waals surface area (Å²) < 4.78 is 10.3. The molecular formula is C22H35O3. The van der Waals surface area contributed by atoms with Gasteiger partial charge in [-0.25, -0.2) is 4.79 Å². The van der Waals surface area contributed by atoms with Crippen molar-refractivity contribution < 1.29 is 14.3 Å². The SMILES string of the molecule is CCCCCCCCCCCCCCOC(=O)c1c[c]c(OC)cc1. The van der Waals surface area contributed by atoms with E-state index in [-0.39, 0.29) is 5.97 Å². The number of hydrogen-bond acceptors (Lipinski definition) is 3. The Labute approximate surface area is 154 Å². The molecular weight excluding hydrogens is 312 g/mol. The Hall–Kier alpha value is -1.51. The highest BCUT2D eigenvalue weighted by molar-refractivity contribution is 5.89. The first kappa shape index (κ1) is 21.5. The minimum Gasteiger partial charge on any atom is -0.496 e. The van der Waals surface area contributed by atoms with Crippen LogP contribution in [0, 0.1) is 6.07 Å². The third kappa shape index (κ3) is 10.9. The monoisotopic (exact) mass is 347 g/mol. The molecule has 0 spiro atoms. The van der Waals surface area contributed by atoms with E-state index in [0.29, 0.717) is 17.9 Å². The van der Waals surface area contributed by atoms with Crippen LogP contribution in [0.4, 0.5) is 0 Å². The molecule has 0 saturated carbocycles. The molecule has 1 radical (unpaired) electrons. The Morgan fingerprint density at radius 1 is 0.880 bits per heavy atom. The zero-order valence-corrected chi connectivity index (χ0v) is 16.1. The molecule has 0 atom stereocenters. The molecule has 0 N–H and O–H groups in total. The summed E-state index contributed by atoms with van der Waals surface area (Å²) >= 11 is 0. The van der Waals surface area contributed by atoms with Gasteiger partial charge in [-0.15, -0.1) is 0 Å². The van der Waals surface area contributed by atoms with Gasteiger partial charge in [0, 0.05) is 6.07 Å². The summed E-state index contributed by atoms with van der Waals surface area (Å²) in [6.45, 7) is 2.76.